The van der Waals surface area contributed by atoms with Gasteiger partial charge in [0.25, 0.3) is 0 Å². The van der Waals surface area contributed by atoms with Gasteiger partial charge in [0.1, 0.15) is 18.5 Å². The number of carbonyl (C=O) groups excluding carboxylic acids is 2. The lowest BCUT2D eigenvalue weighted by Gasteiger charge is -2.19. The zero-order chi connectivity index (χ0) is 24.9. The van der Waals surface area contributed by atoms with E-state index in [1.54, 1.807) is 0 Å². The van der Waals surface area contributed by atoms with Crippen LogP contribution in [0.3, 0.4) is 0 Å². The van der Waals surface area contributed by atoms with Gasteiger partial charge in [0.05, 0.1) is 11.3 Å². The third-order valence-electron chi connectivity index (χ3n) is 5.82. The molecule has 178 valence electrons. The highest BCUT2D eigenvalue weighted by Crippen LogP contribution is 2.44. The average molecular weight is 474 g/mol. The van der Waals surface area contributed by atoms with E-state index in [4.69, 9.17) is 4.74 Å². The number of hydrogen-bond acceptors (Lipinski definition) is 4. The van der Waals surface area contributed by atoms with Crippen LogP contribution in [0.4, 0.5) is 14.9 Å². The Labute approximate surface area is 201 Å². The molecular weight excluding hydrogens is 451 g/mol. The van der Waals surface area contributed by atoms with Crippen LogP contribution >= 0.6 is 0 Å². The zero-order valence-corrected chi connectivity index (χ0v) is 18.7. The van der Waals surface area contributed by atoms with Gasteiger partial charge in [0, 0.05) is 5.92 Å². The normalized spacial score (nSPS) is 12.7. The van der Waals surface area contributed by atoms with E-state index < -0.39 is 35.4 Å². The van der Waals surface area contributed by atoms with Crippen LogP contribution in [-0.4, -0.2) is 35.7 Å². The highest BCUT2D eigenvalue weighted by molar-refractivity contribution is 6.02. The van der Waals surface area contributed by atoms with E-state index in [0.29, 0.717) is 0 Å². The zero-order valence-electron chi connectivity index (χ0n) is 18.7. The van der Waals surface area contributed by atoms with Crippen LogP contribution in [-0.2, 0) is 9.53 Å². The third kappa shape index (κ3) is 5.06. The van der Waals surface area contributed by atoms with E-state index in [2.05, 4.69) is 17.2 Å². The molecule has 35 heavy (non-hydrogen) atoms. The Morgan fingerprint density at radius 2 is 1.66 bits per heavy atom. The first-order valence-electron chi connectivity index (χ1n) is 10.9. The average Bonchev–Trinajstić information content (AvgIpc) is 3.17. The van der Waals surface area contributed by atoms with Gasteiger partial charge < -0.3 is 20.5 Å². The largest absolute Gasteiger partial charge is 0.478 e. The minimum absolute atomic E-state index is 0.0691. The van der Waals surface area contributed by atoms with Gasteiger partial charge in [-0.05, 0) is 46.9 Å². The first kappa shape index (κ1) is 23.7. The molecule has 0 aromatic heterocycles. The van der Waals surface area contributed by atoms with Crippen molar-refractivity contribution >= 4 is 23.7 Å². The Morgan fingerprint density at radius 3 is 2.26 bits per heavy atom. The van der Waals surface area contributed by atoms with Gasteiger partial charge in [-0.15, -0.1) is 6.58 Å². The Balaban J connectivity index is 1.43. The summed E-state index contributed by atoms with van der Waals surface area (Å²) >= 11 is 0. The topological polar surface area (TPSA) is 105 Å². The lowest BCUT2D eigenvalue weighted by atomic mass is 9.98. The number of rotatable bonds is 8. The third-order valence-corrected chi connectivity index (χ3v) is 5.82. The van der Waals surface area contributed by atoms with E-state index in [1.807, 2.05) is 48.5 Å². The fourth-order valence-electron chi connectivity index (χ4n) is 4.20. The highest BCUT2D eigenvalue weighted by Gasteiger charge is 2.30. The number of aromatic carboxylic acids is 1. The van der Waals surface area contributed by atoms with E-state index in [1.165, 1.54) is 6.08 Å². The summed E-state index contributed by atoms with van der Waals surface area (Å²) in [5.41, 5.74) is 3.80. The number of carboxylic acid groups (broad SMARTS) is 1. The predicted molar refractivity (Wildman–Crippen MR) is 129 cm³/mol. The number of ether oxygens (including phenoxy) is 1. The Hall–Kier alpha value is -4.46. The maximum Gasteiger partial charge on any atom is 0.407 e. The molecule has 0 fully saturated rings. The monoisotopic (exact) mass is 474 g/mol. The second-order valence-corrected chi connectivity index (χ2v) is 8.03. The van der Waals surface area contributed by atoms with Crippen molar-refractivity contribution in [1.82, 2.24) is 5.32 Å². The van der Waals surface area contributed by atoms with Crippen molar-refractivity contribution < 1.29 is 28.6 Å². The Bertz CT molecular complexity index is 1260. The van der Waals surface area contributed by atoms with Gasteiger partial charge in [0.2, 0.25) is 5.91 Å². The van der Waals surface area contributed by atoms with Gasteiger partial charge >= 0.3 is 12.1 Å². The van der Waals surface area contributed by atoms with E-state index in [-0.39, 0.29) is 24.6 Å². The number of carbonyl (C=O) groups is 3. The molecule has 0 bridgehead atoms. The van der Waals surface area contributed by atoms with Crippen LogP contribution in [0.5, 0.6) is 0 Å². The molecule has 1 unspecified atom stereocenters. The number of anilines is 1. The molecular formula is C27H23FN2O5. The van der Waals surface area contributed by atoms with Gasteiger partial charge in [-0.3, -0.25) is 4.79 Å². The summed E-state index contributed by atoms with van der Waals surface area (Å²) in [4.78, 5) is 36.8. The number of alkyl carbamates (subject to hydrolysis) is 1. The van der Waals surface area contributed by atoms with Crippen LogP contribution in [0.15, 0.2) is 79.4 Å². The molecule has 8 heteroatoms. The summed E-state index contributed by atoms with van der Waals surface area (Å²) in [5, 5.41) is 14.2. The molecule has 0 spiro atoms. The minimum Gasteiger partial charge on any atom is -0.478 e. The fourth-order valence-corrected chi connectivity index (χ4v) is 4.20. The number of halogens is 1. The number of amides is 2. The predicted octanol–water partition coefficient (Wildman–Crippen LogP) is 4.95. The van der Waals surface area contributed by atoms with Crippen LogP contribution < -0.4 is 10.6 Å². The molecule has 1 atom stereocenters. The number of benzene rings is 3. The Kier molecular flexibility index (Phi) is 6.91. The van der Waals surface area contributed by atoms with Crippen molar-refractivity contribution in [3.63, 3.8) is 0 Å². The van der Waals surface area contributed by atoms with Crippen LogP contribution in [0, 0.1) is 5.82 Å². The first-order chi connectivity index (χ1) is 16.9. The molecule has 2 amide bonds. The van der Waals surface area contributed by atoms with Crippen molar-refractivity contribution in [2.75, 3.05) is 11.9 Å². The molecule has 3 N–H and O–H groups in total. The first-order valence-corrected chi connectivity index (χ1v) is 10.9. The minimum atomic E-state index is -1.40. The van der Waals surface area contributed by atoms with E-state index in [0.717, 1.165) is 40.5 Å². The van der Waals surface area contributed by atoms with E-state index in [9.17, 15) is 23.9 Å². The van der Waals surface area contributed by atoms with Gasteiger partial charge in [0.15, 0.2) is 0 Å². The van der Waals surface area contributed by atoms with Crippen LogP contribution in [0.25, 0.3) is 11.1 Å². The van der Waals surface area contributed by atoms with E-state index >= 15 is 0 Å². The number of hydrogen-bond donors (Lipinski definition) is 3. The number of nitrogens with one attached hydrogen (secondary N) is 2. The molecule has 3 aromatic carbocycles. The molecule has 7 nitrogen and oxygen atoms in total. The van der Waals surface area contributed by atoms with Gasteiger partial charge in [-0.1, -0.05) is 54.6 Å². The lowest BCUT2D eigenvalue weighted by Crippen LogP contribution is -2.44. The molecule has 0 radical (unpaired) electrons. The summed E-state index contributed by atoms with van der Waals surface area (Å²) in [7, 11) is 0. The quantitative estimate of drug-likeness (QED) is 0.401. The molecule has 4 rings (SSSR count). The summed E-state index contributed by atoms with van der Waals surface area (Å²) in [5.74, 6) is -2.98. The molecule has 0 aliphatic heterocycles. The summed E-state index contributed by atoms with van der Waals surface area (Å²) < 4.78 is 18.9. The van der Waals surface area contributed by atoms with Crippen molar-refractivity contribution in [3.05, 3.63) is 102 Å². The Morgan fingerprint density at radius 1 is 1.03 bits per heavy atom. The lowest BCUT2D eigenvalue weighted by molar-refractivity contribution is -0.118. The van der Waals surface area contributed by atoms with Crippen LogP contribution in [0.1, 0.15) is 33.8 Å². The second kappa shape index (κ2) is 10.2. The van der Waals surface area contributed by atoms with Crippen molar-refractivity contribution in [2.45, 2.75) is 18.4 Å². The number of carboxylic acids is 1. The maximum absolute atomic E-state index is 13.4. The SMILES string of the molecule is C=CCC(NC(=O)OCC1c2ccccc2-c2ccccc21)C(=O)Nc1ccc(F)cc1C(=O)O. The highest BCUT2D eigenvalue weighted by atomic mass is 19.1. The number of fused-ring (bicyclic) bond motifs is 3. The standard InChI is InChI=1S/C27H23FN2O5/c1-2-7-24(25(31)29-23-13-12-16(28)14-21(23)26(32)33)30-27(34)35-15-22-19-10-5-3-8-17(19)18-9-4-6-11-20(18)22/h2-6,8-14,22,24H,1,7,15H2,(H,29,31)(H,30,34)(H,32,33). The molecule has 1 aliphatic carbocycles. The smallest absolute Gasteiger partial charge is 0.407 e. The van der Waals surface area contributed by atoms with Crippen molar-refractivity contribution in [1.29, 1.82) is 0 Å². The van der Waals surface area contributed by atoms with Gasteiger partial charge in [-0.25, -0.2) is 14.0 Å². The van der Waals surface area contributed by atoms with Crippen LogP contribution in [0.2, 0.25) is 0 Å². The molecule has 0 saturated carbocycles. The second-order valence-electron chi connectivity index (χ2n) is 8.03. The molecule has 0 heterocycles. The summed E-state index contributed by atoms with van der Waals surface area (Å²) in [6.45, 7) is 3.67. The molecule has 0 saturated heterocycles. The summed E-state index contributed by atoms with van der Waals surface area (Å²) in [6.07, 6.45) is 0.711. The van der Waals surface area contributed by atoms with Crippen molar-refractivity contribution in [3.8, 4) is 11.1 Å². The molecule has 3 aromatic rings. The van der Waals surface area contributed by atoms with Crippen molar-refractivity contribution in [2.24, 2.45) is 0 Å². The summed E-state index contributed by atoms with van der Waals surface area (Å²) in [6, 6.07) is 17.7. The maximum atomic E-state index is 13.4. The van der Waals surface area contributed by atoms with Gasteiger partial charge in [-0.2, -0.15) is 0 Å². The fraction of sp³-hybridized carbons (Fsp3) is 0.148. The molecule has 1 aliphatic rings.